The Morgan fingerprint density at radius 2 is 2.00 bits per heavy atom. The van der Waals surface area contributed by atoms with E-state index in [1.807, 2.05) is 12.1 Å². The summed E-state index contributed by atoms with van der Waals surface area (Å²) < 4.78 is 31.5. The van der Waals surface area contributed by atoms with Crippen LogP contribution in [0.4, 0.5) is 0 Å². The van der Waals surface area contributed by atoms with Crippen LogP contribution < -0.4 is 5.32 Å². The zero-order valence-electron chi connectivity index (χ0n) is 11.5. The Kier molecular flexibility index (Phi) is 4.59. The van der Waals surface area contributed by atoms with E-state index in [2.05, 4.69) is 5.32 Å². The fourth-order valence-electron chi connectivity index (χ4n) is 1.98. The van der Waals surface area contributed by atoms with E-state index < -0.39 is 10.0 Å². The minimum atomic E-state index is -3.52. The minimum absolute atomic E-state index is 0.284. The standard InChI is InChI=1S/C14H18N2O3S/c1-15-9-13-5-3-4-6-14(13)20(17,18)16(2)10-12-7-8-19-11-12/h3-8,11,15H,9-10H2,1-2H3. The molecule has 6 heteroatoms. The molecule has 5 nitrogen and oxygen atoms in total. The Hall–Kier alpha value is -1.63. The lowest BCUT2D eigenvalue weighted by Crippen LogP contribution is -2.27. The second-order valence-corrected chi connectivity index (χ2v) is 6.54. The van der Waals surface area contributed by atoms with E-state index in [1.54, 1.807) is 38.6 Å². The molecule has 0 aliphatic carbocycles. The molecule has 2 aromatic rings. The number of nitrogens with one attached hydrogen (secondary N) is 1. The van der Waals surface area contributed by atoms with Crippen molar-refractivity contribution in [2.75, 3.05) is 14.1 Å². The van der Waals surface area contributed by atoms with E-state index >= 15 is 0 Å². The summed E-state index contributed by atoms with van der Waals surface area (Å²) in [5.74, 6) is 0. The Morgan fingerprint density at radius 3 is 2.65 bits per heavy atom. The summed E-state index contributed by atoms with van der Waals surface area (Å²) >= 11 is 0. The smallest absolute Gasteiger partial charge is 0.243 e. The molecule has 0 aliphatic heterocycles. The van der Waals surface area contributed by atoms with Gasteiger partial charge in [-0.2, -0.15) is 4.31 Å². The van der Waals surface area contributed by atoms with Crippen LogP contribution in [-0.4, -0.2) is 26.8 Å². The van der Waals surface area contributed by atoms with Gasteiger partial charge in [-0.05, 0) is 24.7 Å². The highest BCUT2D eigenvalue weighted by Gasteiger charge is 2.23. The number of benzene rings is 1. The van der Waals surface area contributed by atoms with Crippen LogP contribution in [0.25, 0.3) is 0 Å². The van der Waals surface area contributed by atoms with Crippen LogP contribution in [0.3, 0.4) is 0 Å². The van der Waals surface area contributed by atoms with Crippen molar-refractivity contribution in [2.24, 2.45) is 0 Å². The molecule has 1 aromatic heterocycles. The third-order valence-corrected chi connectivity index (χ3v) is 4.92. The van der Waals surface area contributed by atoms with E-state index in [9.17, 15) is 8.42 Å². The molecular formula is C14H18N2O3S. The third kappa shape index (κ3) is 3.09. The van der Waals surface area contributed by atoms with Gasteiger partial charge in [-0.3, -0.25) is 0 Å². The molecule has 0 saturated heterocycles. The molecule has 0 amide bonds. The molecule has 0 aliphatic rings. The van der Waals surface area contributed by atoms with E-state index in [4.69, 9.17) is 4.42 Å². The van der Waals surface area contributed by atoms with Crippen molar-refractivity contribution < 1.29 is 12.8 Å². The van der Waals surface area contributed by atoms with Crippen molar-refractivity contribution in [1.82, 2.24) is 9.62 Å². The number of hydrogen-bond donors (Lipinski definition) is 1. The minimum Gasteiger partial charge on any atom is -0.472 e. The monoisotopic (exact) mass is 294 g/mol. The van der Waals surface area contributed by atoms with Crippen molar-refractivity contribution in [2.45, 2.75) is 18.0 Å². The first-order chi connectivity index (χ1) is 9.55. The average Bonchev–Trinajstić information content (AvgIpc) is 2.92. The van der Waals surface area contributed by atoms with Crippen LogP contribution in [0.5, 0.6) is 0 Å². The van der Waals surface area contributed by atoms with Crippen molar-refractivity contribution in [1.29, 1.82) is 0 Å². The Morgan fingerprint density at radius 1 is 1.25 bits per heavy atom. The molecule has 0 spiro atoms. The van der Waals surface area contributed by atoms with Gasteiger partial charge in [-0.1, -0.05) is 18.2 Å². The van der Waals surface area contributed by atoms with Gasteiger partial charge in [0.05, 0.1) is 17.4 Å². The van der Waals surface area contributed by atoms with Gasteiger partial charge in [-0.25, -0.2) is 8.42 Å². The first-order valence-corrected chi connectivity index (χ1v) is 7.69. The zero-order chi connectivity index (χ0) is 14.6. The lowest BCUT2D eigenvalue weighted by Gasteiger charge is -2.18. The van der Waals surface area contributed by atoms with Crippen LogP contribution in [-0.2, 0) is 23.1 Å². The predicted molar refractivity (Wildman–Crippen MR) is 76.6 cm³/mol. The molecule has 2 rings (SSSR count). The topological polar surface area (TPSA) is 62.6 Å². The zero-order valence-corrected chi connectivity index (χ0v) is 12.4. The Balaban J connectivity index is 2.30. The Bertz CT molecular complexity index is 651. The van der Waals surface area contributed by atoms with Crippen molar-refractivity contribution >= 4 is 10.0 Å². The summed E-state index contributed by atoms with van der Waals surface area (Å²) in [5, 5.41) is 2.98. The van der Waals surface area contributed by atoms with Crippen molar-refractivity contribution in [3.8, 4) is 0 Å². The maximum absolute atomic E-state index is 12.6. The molecule has 0 atom stereocenters. The van der Waals surface area contributed by atoms with Crippen LogP contribution in [0.2, 0.25) is 0 Å². The molecule has 0 bridgehead atoms. The molecule has 0 unspecified atom stereocenters. The highest BCUT2D eigenvalue weighted by Crippen LogP contribution is 2.20. The van der Waals surface area contributed by atoms with Gasteiger partial charge in [-0.15, -0.1) is 0 Å². The fraction of sp³-hybridized carbons (Fsp3) is 0.286. The van der Waals surface area contributed by atoms with E-state index in [1.165, 1.54) is 10.6 Å². The Labute approximate surface area is 119 Å². The molecule has 108 valence electrons. The third-order valence-electron chi connectivity index (χ3n) is 3.01. The molecule has 20 heavy (non-hydrogen) atoms. The second kappa shape index (κ2) is 6.21. The highest BCUT2D eigenvalue weighted by atomic mass is 32.2. The normalized spacial score (nSPS) is 11.9. The number of sulfonamides is 1. The van der Waals surface area contributed by atoms with Gasteiger partial charge in [0, 0.05) is 25.7 Å². The first kappa shape index (κ1) is 14.8. The maximum atomic E-state index is 12.6. The van der Waals surface area contributed by atoms with Crippen LogP contribution in [0.15, 0.2) is 52.2 Å². The molecule has 0 fully saturated rings. The fourth-order valence-corrected chi connectivity index (χ4v) is 3.36. The quantitative estimate of drug-likeness (QED) is 0.882. The molecule has 0 radical (unpaired) electrons. The SMILES string of the molecule is CNCc1ccccc1S(=O)(=O)N(C)Cc1ccoc1. The molecule has 1 heterocycles. The molecule has 1 aromatic carbocycles. The van der Waals surface area contributed by atoms with Gasteiger partial charge in [0.15, 0.2) is 0 Å². The van der Waals surface area contributed by atoms with Gasteiger partial charge >= 0.3 is 0 Å². The summed E-state index contributed by atoms with van der Waals surface area (Å²) in [4.78, 5) is 0.334. The predicted octanol–water partition coefficient (Wildman–Crippen LogP) is 1.82. The summed E-state index contributed by atoms with van der Waals surface area (Å²) in [6, 6.07) is 8.77. The number of furan rings is 1. The van der Waals surface area contributed by atoms with E-state index in [-0.39, 0.29) is 6.54 Å². The average molecular weight is 294 g/mol. The van der Waals surface area contributed by atoms with Gasteiger partial charge in [0.2, 0.25) is 10.0 Å². The second-order valence-electron chi connectivity index (χ2n) is 4.53. The van der Waals surface area contributed by atoms with Gasteiger partial charge in [0.1, 0.15) is 0 Å². The molecule has 0 saturated carbocycles. The van der Waals surface area contributed by atoms with Crippen molar-refractivity contribution in [3.63, 3.8) is 0 Å². The number of rotatable bonds is 6. The van der Waals surface area contributed by atoms with Gasteiger partial charge < -0.3 is 9.73 Å². The number of hydrogen-bond acceptors (Lipinski definition) is 4. The van der Waals surface area contributed by atoms with E-state index in [0.29, 0.717) is 11.4 Å². The summed E-state index contributed by atoms with van der Waals surface area (Å²) in [7, 11) is -0.158. The largest absolute Gasteiger partial charge is 0.472 e. The summed E-state index contributed by atoms with van der Waals surface area (Å²) in [5.41, 5.74) is 1.58. The lowest BCUT2D eigenvalue weighted by molar-refractivity contribution is 0.462. The summed E-state index contributed by atoms with van der Waals surface area (Å²) in [6.07, 6.45) is 3.08. The van der Waals surface area contributed by atoms with Crippen molar-refractivity contribution in [3.05, 3.63) is 54.0 Å². The summed E-state index contributed by atoms with van der Waals surface area (Å²) in [6.45, 7) is 0.793. The molecular weight excluding hydrogens is 276 g/mol. The van der Waals surface area contributed by atoms with Crippen LogP contribution in [0, 0.1) is 0 Å². The van der Waals surface area contributed by atoms with Crippen LogP contribution in [0.1, 0.15) is 11.1 Å². The number of nitrogens with zero attached hydrogens (tertiary/aromatic N) is 1. The first-order valence-electron chi connectivity index (χ1n) is 6.25. The lowest BCUT2D eigenvalue weighted by atomic mass is 10.2. The maximum Gasteiger partial charge on any atom is 0.243 e. The van der Waals surface area contributed by atoms with Gasteiger partial charge in [0.25, 0.3) is 0 Å². The molecule has 1 N–H and O–H groups in total. The highest BCUT2D eigenvalue weighted by molar-refractivity contribution is 7.89. The van der Waals surface area contributed by atoms with E-state index in [0.717, 1.165) is 11.1 Å². The van der Waals surface area contributed by atoms with Crippen LogP contribution >= 0.6 is 0 Å².